The monoisotopic (exact) mass is 268 g/mol. The highest BCUT2D eigenvalue weighted by Crippen LogP contribution is 2.11. The van der Waals surface area contributed by atoms with Gasteiger partial charge in [-0.1, -0.05) is 24.3 Å². The van der Waals surface area contributed by atoms with Crippen molar-refractivity contribution in [1.82, 2.24) is 10.3 Å². The van der Waals surface area contributed by atoms with E-state index in [0.717, 1.165) is 12.0 Å². The van der Waals surface area contributed by atoms with Crippen LogP contribution in [0.4, 0.5) is 0 Å². The Morgan fingerprint density at radius 3 is 2.70 bits per heavy atom. The van der Waals surface area contributed by atoms with Gasteiger partial charge in [0.15, 0.2) is 0 Å². The summed E-state index contributed by atoms with van der Waals surface area (Å²) in [7, 11) is 0. The van der Waals surface area contributed by atoms with Crippen molar-refractivity contribution < 1.29 is 4.79 Å². The molecule has 1 aromatic carbocycles. The lowest BCUT2D eigenvalue weighted by Gasteiger charge is -2.07. The summed E-state index contributed by atoms with van der Waals surface area (Å²) in [6.07, 6.45) is 4.79. The SMILES string of the molecule is Cc1ccc(CCC(=O)NCc2cccnc2)cc1C. The van der Waals surface area contributed by atoms with Gasteiger partial charge in [-0.2, -0.15) is 0 Å². The second-order valence-electron chi connectivity index (χ2n) is 5.06. The lowest BCUT2D eigenvalue weighted by atomic mass is 10.0. The molecule has 0 spiro atoms. The van der Waals surface area contributed by atoms with Crippen LogP contribution in [-0.4, -0.2) is 10.9 Å². The zero-order chi connectivity index (χ0) is 14.4. The van der Waals surface area contributed by atoms with Gasteiger partial charge in [-0.05, 0) is 48.6 Å². The number of nitrogens with one attached hydrogen (secondary N) is 1. The molecule has 0 aliphatic carbocycles. The molecule has 1 heterocycles. The number of amides is 1. The van der Waals surface area contributed by atoms with Gasteiger partial charge >= 0.3 is 0 Å². The van der Waals surface area contributed by atoms with Crippen molar-refractivity contribution in [2.75, 3.05) is 0 Å². The van der Waals surface area contributed by atoms with E-state index in [1.165, 1.54) is 16.7 Å². The summed E-state index contributed by atoms with van der Waals surface area (Å²) < 4.78 is 0. The zero-order valence-corrected chi connectivity index (χ0v) is 12.0. The maximum Gasteiger partial charge on any atom is 0.220 e. The molecule has 0 radical (unpaired) electrons. The van der Waals surface area contributed by atoms with Gasteiger partial charge in [-0.3, -0.25) is 9.78 Å². The largest absolute Gasteiger partial charge is 0.352 e. The second-order valence-corrected chi connectivity index (χ2v) is 5.06. The minimum atomic E-state index is 0.0760. The first-order chi connectivity index (χ1) is 9.65. The van der Waals surface area contributed by atoms with Crippen LogP contribution < -0.4 is 5.32 Å². The number of hydrogen-bond donors (Lipinski definition) is 1. The molecule has 2 rings (SSSR count). The van der Waals surface area contributed by atoms with Crippen LogP contribution in [0.5, 0.6) is 0 Å². The van der Waals surface area contributed by atoms with Gasteiger partial charge < -0.3 is 5.32 Å². The Hall–Kier alpha value is -2.16. The van der Waals surface area contributed by atoms with E-state index in [9.17, 15) is 4.79 Å². The molecule has 3 nitrogen and oxygen atoms in total. The molecular formula is C17H20N2O. The van der Waals surface area contributed by atoms with Gasteiger partial charge in [0.2, 0.25) is 5.91 Å². The molecule has 0 fully saturated rings. The highest BCUT2D eigenvalue weighted by atomic mass is 16.1. The predicted octanol–water partition coefficient (Wildman–Crippen LogP) is 2.95. The molecule has 1 amide bonds. The molecule has 1 aromatic heterocycles. The number of aryl methyl sites for hydroxylation is 3. The van der Waals surface area contributed by atoms with Crippen molar-refractivity contribution in [2.24, 2.45) is 0 Å². The molecule has 20 heavy (non-hydrogen) atoms. The van der Waals surface area contributed by atoms with Gasteiger partial charge in [0.1, 0.15) is 0 Å². The molecule has 104 valence electrons. The molecule has 0 unspecified atom stereocenters. The molecule has 0 aliphatic rings. The van der Waals surface area contributed by atoms with Crippen molar-refractivity contribution in [3.8, 4) is 0 Å². The van der Waals surface area contributed by atoms with Crippen molar-refractivity contribution in [1.29, 1.82) is 0 Å². The number of pyridine rings is 1. The highest BCUT2D eigenvalue weighted by Gasteiger charge is 2.03. The molecular weight excluding hydrogens is 248 g/mol. The first-order valence-electron chi connectivity index (χ1n) is 6.87. The third-order valence-electron chi connectivity index (χ3n) is 3.42. The fourth-order valence-electron chi connectivity index (χ4n) is 2.01. The summed E-state index contributed by atoms with van der Waals surface area (Å²) in [5.41, 5.74) is 4.80. The molecule has 0 aliphatic heterocycles. The van der Waals surface area contributed by atoms with Crippen LogP contribution in [0.3, 0.4) is 0 Å². The van der Waals surface area contributed by atoms with Crippen molar-refractivity contribution in [2.45, 2.75) is 33.2 Å². The van der Waals surface area contributed by atoms with Gasteiger partial charge in [-0.15, -0.1) is 0 Å². The number of aromatic nitrogens is 1. The second kappa shape index (κ2) is 6.85. The fourth-order valence-corrected chi connectivity index (χ4v) is 2.01. The molecule has 1 N–H and O–H groups in total. The topological polar surface area (TPSA) is 42.0 Å². The zero-order valence-electron chi connectivity index (χ0n) is 12.0. The summed E-state index contributed by atoms with van der Waals surface area (Å²) in [4.78, 5) is 15.8. The van der Waals surface area contributed by atoms with E-state index in [4.69, 9.17) is 0 Å². The Bertz CT molecular complexity index is 579. The number of hydrogen-bond acceptors (Lipinski definition) is 2. The van der Waals surface area contributed by atoms with E-state index in [2.05, 4.69) is 42.3 Å². The Balaban J connectivity index is 1.79. The maximum atomic E-state index is 11.8. The lowest BCUT2D eigenvalue weighted by Crippen LogP contribution is -2.23. The number of carbonyl (C=O) groups is 1. The van der Waals surface area contributed by atoms with Gasteiger partial charge in [-0.25, -0.2) is 0 Å². The predicted molar refractivity (Wildman–Crippen MR) is 80.3 cm³/mol. The van der Waals surface area contributed by atoms with E-state index >= 15 is 0 Å². The average molecular weight is 268 g/mol. The van der Waals surface area contributed by atoms with Crippen LogP contribution in [-0.2, 0) is 17.8 Å². The van der Waals surface area contributed by atoms with Gasteiger partial charge in [0, 0.05) is 25.4 Å². The van der Waals surface area contributed by atoms with E-state index in [-0.39, 0.29) is 5.91 Å². The normalized spacial score (nSPS) is 10.3. The Morgan fingerprint density at radius 2 is 2.00 bits per heavy atom. The van der Waals surface area contributed by atoms with Gasteiger partial charge in [0.25, 0.3) is 0 Å². The Kier molecular flexibility index (Phi) is 4.88. The molecule has 0 saturated heterocycles. The number of carbonyl (C=O) groups excluding carboxylic acids is 1. The third-order valence-corrected chi connectivity index (χ3v) is 3.42. The summed E-state index contributed by atoms with van der Waals surface area (Å²) in [6, 6.07) is 10.2. The van der Waals surface area contributed by atoms with Crippen LogP contribution in [0.15, 0.2) is 42.7 Å². The smallest absolute Gasteiger partial charge is 0.220 e. The van der Waals surface area contributed by atoms with E-state index in [0.29, 0.717) is 13.0 Å². The third kappa shape index (κ3) is 4.19. The first kappa shape index (κ1) is 14.3. The first-order valence-corrected chi connectivity index (χ1v) is 6.87. The Labute approximate surface area is 120 Å². The summed E-state index contributed by atoms with van der Waals surface area (Å²) in [5, 5.41) is 2.92. The standard InChI is InChI=1S/C17H20N2O/c1-13-5-6-15(10-14(13)2)7-8-17(20)19-12-16-4-3-9-18-11-16/h3-6,9-11H,7-8,12H2,1-2H3,(H,19,20). The van der Waals surface area contributed by atoms with E-state index in [1.54, 1.807) is 12.4 Å². The summed E-state index contributed by atoms with van der Waals surface area (Å²) in [5.74, 6) is 0.0760. The lowest BCUT2D eigenvalue weighted by molar-refractivity contribution is -0.121. The van der Waals surface area contributed by atoms with Crippen LogP contribution in [0.25, 0.3) is 0 Å². The number of rotatable bonds is 5. The van der Waals surface area contributed by atoms with Crippen molar-refractivity contribution >= 4 is 5.91 Å². The molecule has 0 bridgehead atoms. The summed E-state index contributed by atoms with van der Waals surface area (Å²) >= 11 is 0. The van der Waals surface area contributed by atoms with Crippen molar-refractivity contribution in [3.63, 3.8) is 0 Å². The molecule has 2 aromatic rings. The minimum absolute atomic E-state index is 0.0760. The van der Waals surface area contributed by atoms with Crippen LogP contribution in [0.2, 0.25) is 0 Å². The Morgan fingerprint density at radius 1 is 1.15 bits per heavy atom. The highest BCUT2D eigenvalue weighted by molar-refractivity contribution is 5.76. The summed E-state index contributed by atoms with van der Waals surface area (Å²) in [6.45, 7) is 4.74. The minimum Gasteiger partial charge on any atom is -0.352 e. The van der Waals surface area contributed by atoms with E-state index < -0.39 is 0 Å². The number of benzene rings is 1. The quantitative estimate of drug-likeness (QED) is 0.906. The fraction of sp³-hybridized carbons (Fsp3) is 0.294. The van der Waals surface area contributed by atoms with Crippen LogP contribution in [0.1, 0.15) is 28.7 Å². The van der Waals surface area contributed by atoms with Crippen LogP contribution in [0, 0.1) is 13.8 Å². The molecule has 3 heteroatoms. The van der Waals surface area contributed by atoms with E-state index in [1.807, 2.05) is 12.1 Å². The van der Waals surface area contributed by atoms with Gasteiger partial charge in [0.05, 0.1) is 0 Å². The molecule has 0 atom stereocenters. The van der Waals surface area contributed by atoms with Crippen molar-refractivity contribution in [3.05, 3.63) is 65.0 Å². The average Bonchev–Trinajstić information content (AvgIpc) is 2.47. The molecule has 0 saturated carbocycles. The number of nitrogens with zero attached hydrogens (tertiary/aromatic N) is 1. The van der Waals surface area contributed by atoms with Crippen LogP contribution >= 0.6 is 0 Å². The maximum absolute atomic E-state index is 11.8.